The molecule has 4 heteroatoms. The van der Waals surface area contributed by atoms with Crippen LogP contribution in [0.2, 0.25) is 0 Å². The summed E-state index contributed by atoms with van der Waals surface area (Å²) in [4.78, 5) is 0. The Hall–Kier alpha value is -0.160. The Bertz CT molecular complexity index is 233. The van der Waals surface area contributed by atoms with Gasteiger partial charge in [0.2, 0.25) is 0 Å². The standard InChI is InChI=1S/C17H36O4/c1-7-17(5,6)21-15-14-20-13-12-19-11-10-18-9-8-16(2,3)4/h7-15H2,1-6H3. The van der Waals surface area contributed by atoms with E-state index >= 15 is 0 Å². The second-order valence-electron chi connectivity index (χ2n) is 7.11. The summed E-state index contributed by atoms with van der Waals surface area (Å²) in [5, 5.41) is 0. The molecule has 0 atom stereocenters. The molecule has 0 saturated carbocycles. The summed E-state index contributed by atoms with van der Waals surface area (Å²) in [5.41, 5.74) is 0.285. The lowest BCUT2D eigenvalue weighted by Gasteiger charge is -2.23. The maximum absolute atomic E-state index is 5.69. The number of ether oxygens (including phenoxy) is 4. The highest BCUT2D eigenvalue weighted by Gasteiger charge is 2.14. The van der Waals surface area contributed by atoms with E-state index in [2.05, 4.69) is 41.5 Å². The summed E-state index contributed by atoms with van der Waals surface area (Å²) in [6, 6.07) is 0. The fraction of sp³-hybridized carbons (Fsp3) is 1.00. The first-order valence-electron chi connectivity index (χ1n) is 8.14. The lowest BCUT2D eigenvalue weighted by Crippen LogP contribution is -2.25. The zero-order valence-electron chi connectivity index (χ0n) is 15.0. The molecule has 0 aliphatic heterocycles. The van der Waals surface area contributed by atoms with Crippen LogP contribution in [0, 0.1) is 5.41 Å². The van der Waals surface area contributed by atoms with E-state index in [1.54, 1.807) is 0 Å². The molecule has 0 amide bonds. The van der Waals surface area contributed by atoms with Crippen molar-refractivity contribution >= 4 is 0 Å². The van der Waals surface area contributed by atoms with Gasteiger partial charge in [-0.2, -0.15) is 0 Å². The van der Waals surface area contributed by atoms with Crippen molar-refractivity contribution in [3.05, 3.63) is 0 Å². The highest BCUT2D eigenvalue weighted by Crippen LogP contribution is 2.17. The molecule has 0 aromatic rings. The maximum Gasteiger partial charge on any atom is 0.0707 e. The van der Waals surface area contributed by atoms with Crippen LogP contribution in [0.1, 0.15) is 54.4 Å². The molecule has 128 valence electrons. The molecule has 0 bridgehead atoms. The first-order chi connectivity index (χ1) is 9.77. The Morgan fingerprint density at radius 1 is 0.619 bits per heavy atom. The van der Waals surface area contributed by atoms with E-state index in [0.717, 1.165) is 19.4 Å². The molecular formula is C17H36O4. The Kier molecular flexibility index (Phi) is 11.3. The molecule has 4 nitrogen and oxygen atoms in total. The second-order valence-corrected chi connectivity index (χ2v) is 7.11. The van der Waals surface area contributed by atoms with E-state index in [-0.39, 0.29) is 5.60 Å². The first-order valence-corrected chi connectivity index (χ1v) is 8.14. The van der Waals surface area contributed by atoms with Crippen LogP contribution in [0.5, 0.6) is 0 Å². The third kappa shape index (κ3) is 16.0. The maximum atomic E-state index is 5.69. The highest BCUT2D eigenvalue weighted by atomic mass is 16.6. The lowest BCUT2D eigenvalue weighted by molar-refractivity contribution is -0.0554. The van der Waals surface area contributed by atoms with Crippen molar-refractivity contribution in [2.75, 3.05) is 46.2 Å². The molecule has 0 aromatic heterocycles. The summed E-state index contributed by atoms with van der Waals surface area (Å²) >= 11 is 0. The minimum absolute atomic E-state index is 0.0513. The largest absolute Gasteiger partial charge is 0.379 e. The van der Waals surface area contributed by atoms with Gasteiger partial charge >= 0.3 is 0 Å². The predicted molar refractivity (Wildman–Crippen MR) is 86.9 cm³/mol. The topological polar surface area (TPSA) is 36.9 Å². The van der Waals surface area contributed by atoms with Crippen molar-refractivity contribution in [2.45, 2.75) is 60.0 Å². The van der Waals surface area contributed by atoms with Crippen LogP contribution in [0.15, 0.2) is 0 Å². The third-order valence-corrected chi connectivity index (χ3v) is 3.31. The van der Waals surface area contributed by atoms with Gasteiger partial charge in [0.15, 0.2) is 0 Å². The molecule has 0 aromatic carbocycles. The molecule has 21 heavy (non-hydrogen) atoms. The fourth-order valence-electron chi connectivity index (χ4n) is 1.40. The van der Waals surface area contributed by atoms with E-state index in [9.17, 15) is 0 Å². The van der Waals surface area contributed by atoms with Crippen LogP contribution in [-0.4, -0.2) is 51.8 Å². The quantitative estimate of drug-likeness (QED) is 0.486. The Labute approximate surface area is 131 Å². The second kappa shape index (κ2) is 11.4. The summed E-state index contributed by atoms with van der Waals surface area (Å²) in [6.07, 6.45) is 2.08. The van der Waals surface area contributed by atoms with E-state index < -0.39 is 0 Å². The predicted octanol–water partition coefficient (Wildman–Crippen LogP) is 3.68. The molecule has 0 rings (SSSR count). The fourth-order valence-corrected chi connectivity index (χ4v) is 1.40. The zero-order valence-corrected chi connectivity index (χ0v) is 15.0. The van der Waals surface area contributed by atoms with Gasteiger partial charge in [-0.05, 0) is 32.1 Å². The molecule has 0 unspecified atom stereocenters. The molecule has 0 aliphatic carbocycles. The molecule has 0 N–H and O–H groups in total. The molecular weight excluding hydrogens is 268 g/mol. The van der Waals surface area contributed by atoms with Crippen molar-refractivity contribution in [3.63, 3.8) is 0 Å². The minimum Gasteiger partial charge on any atom is -0.379 e. The van der Waals surface area contributed by atoms with Crippen molar-refractivity contribution in [1.82, 2.24) is 0 Å². The average Bonchev–Trinajstić information content (AvgIpc) is 2.38. The Morgan fingerprint density at radius 2 is 1.05 bits per heavy atom. The van der Waals surface area contributed by atoms with Gasteiger partial charge in [-0.15, -0.1) is 0 Å². The van der Waals surface area contributed by atoms with Crippen molar-refractivity contribution in [1.29, 1.82) is 0 Å². The monoisotopic (exact) mass is 304 g/mol. The molecule has 0 spiro atoms. The van der Waals surface area contributed by atoms with Crippen molar-refractivity contribution in [3.8, 4) is 0 Å². The highest BCUT2D eigenvalue weighted by molar-refractivity contribution is 4.64. The minimum atomic E-state index is -0.0513. The normalized spacial score (nSPS) is 12.9. The lowest BCUT2D eigenvalue weighted by atomic mass is 9.93. The summed E-state index contributed by atoms with van der Waals surface area (Å²) in [5.74, 6) is 0. The van der Waals surface area contributed by atoms with E-state index in [1.165, 1.54) is 0 Å². The molecule has 0 saturated heterocycles. The van der Waals surface area contributed by atoms with Crippen LogP contribution in [0.4, 0.5) is 0 Å². The van der Waals surface area contributed by atoms with Crippen LogP contribution in [0.3, 0.4) is 0 Å². The van der Waals surface area contributed by atoms with Gasteiger partial charge in [0.25, 0.3) is 0 Å². The SMILES string of the molecule is CCC(C)(C)OCCOCCOCCOCCC(C)(C)C. The Morgan fingerprint density at radius 3 is 1.48 bits per heavy atom. The summed E-state index contributed by atoms with van der Waals surface area (Å²) in [6.45, 7) is 17.5. The average molecular weight is 304 g/mol. The molecule has 0 aliphatic rings. The van der Waals surface area contributed by atoms with Gasteiger partial charge in [0, 0.05) is 6.61 Å². The van der Waals surface area contributed by atoms with Crippen molar-refractivity contribution in [2.24, 2.45) is 5.41 Å². The summed E-state index contributed by atoms with van der Waals surface area (Å²) in [7, 11) is 0. The van der Waals surface area contributed by atoms with Gasteiger partial charge in [0.1, 0.15) is 0 Å². The summed E-state index contributed by atoms with van der Waals surface area (Å²) < 4.78 is 22.1. The van der Waals surface area contributed by atoms with Crippen LogP contribution in [-0.2, 0) is 18.9 Å². The Balaban J connectivity index is 3.16. The number of hydrogen-bond acceptors (Lipinski definition) is 4. The van der Waals surface area contributed by atoms with Gasteiger partial charge in [-0.25, -0.2) is 0 Å². The van der Waals surface area contributed by atoms with Crippen LogP contribution in [0.25, 0.3) is 0 Å². The van der Waals surface area contributed by atoms with E-state index in [1.807, 2.05) is 0 Å². The van der Waals surface area contributed by atoms with Gasteiger partial charge < -0.3 is 18.9 Å². The van der Waals surface area contributed by atoms with Gasteiger partial charge in [0.05, 0.1) is 45.2 Å². The first kappa shape index (κ1) is 20.8. The van der Waals surface area contributed by atoms with Gasteiger partial charge in [-0.3, -0.25) is 0 Å². The number of rotatable bonds is 13. The molecule has 0 radical (unpaired) electrons. The zero-order chi connectivity index (χ0) is 16.2. The third-order valence-electron chi connectivity index (χ3n) is 3.31. The van der Waals surface area contributed by atoms with E-state index in [0.29, 0.717) is 45.1 Å². The smallest absolute Gasteiger partial charge is 0.0707 e. The molecule has 0 heterocycles. The van der Waals surface area contributed by atoms with Crippen LogP contribution >= 0.6 is 0 Å². The number of hydrogen-bond donors (Lipinski definition) is 0. The van der Waals surface area contributed by atoms with E-state index in [4.69, 9.17) is 18.9 Å². The van der Waals surface area contributed by atoms with Gasteiger partial charge in [-0.1, -0.05) is 27.7 Å². The molecule has 0 fully saturated rings. The van der Waals surface area contributed by atoms with Crippen LogP contribution < -0.4 is 0 Å². The van der Waals surface area contributed by atoms with Crippen molar-refractivity contribution < 1.29 is 18.9 Å².